The smallest absolute Gasteiger partial charge is 0.338 e. The molecule has 2 aromatic heterocycles. The molecule has 1 atom stereocenters. The molecule has 1 saturated heterocycles. The molecule has 8 nitrogen and oxygen atoms in total. The molecule has 1 aliphatic heterocycles. The van der Waals surface area contributed by atoms with E-state index in [4.69, 9.17) is 4.74 Å². The fourth-order valence-corrected chi connectivity index (χ4v) is 3.58. The van der Waals surface area contributed by atoms with E-state index in [-0.39, 0.29) is 17.8 Å². The summed E-state index contributed by atoms with van der Waals surface area (Å²) in [6, 6.07) is 5.94. The summed E-state index contributed by atoms with van der Waals surface area (Å²) in [5.41, 5.74) is 1.10. The Morgan fingerprint density at radius 3 is 2.83 bits per heavy atom. The molecule has 0 bridgehead atoms. The van der Waals surface area contributed by atoms with Crippen molar-refractivity contribution in [1.29, 1.82) is 0 Å². The van der Waals surface area contributed by atoms with Gasteiger partial charge in [-0.3, -0.25) is 4.57 Å². The Bertz CT molecular complexity index is 1130. The number of halogens is 1. The predicted octanol–water partition coefficient (Wildman–Crippen LogP) is 2.43. The molecule has 1 fully saturated rings. The average molecular weight is 399 g/mol. The Morgan fingerprint density at radius 1 is 1.38 bits per heavy atom. The van der Waals surface area contributed by atoms with Crippen LogP contribution in [-0.4, -0.2) is 49.7 Å². The number of aryl methyl sites for hydroxylation is 1. The van der Waals surface area contributed by atoms with Gasteiger partial charge in [-0.1, -0.05) is 12.1 Å². The molecular formula is C20H22FN5O3. The third-order valence-corrected chi connectivity index (χ3v) is 5.25. The Balaban J connectivity index is 1.60. The first kappa shape index (κ1) is 19.3. The van der Waals surface area contributed by atoms with Gasteiger partial charge in [0.05, 0.1) is 6.20 Å². The Kier molecular flexibility index (Phi) is 4.91. The van der Waals surface area contributed by atoms with Crippen molar-refractivity contribution in [3.63, 3.8) is 0 Å². The van der Waals surface area contributed by atoms with Crippen LogP contribution in [0.2, 0.25) is 0 Å². The lowest BCUT2D eigenvalue weighted by Gasteiger charge is -2.39. The SMILES string of the molecule is CCOC(C)c1ncc2c(n1)n(C)c(=O)n2C(=O)N1CC(c2cccc(F)c2)C1. The first-order valence-corrected chi connectivity index (χ1v) is 9.51. The summed E-state index contributed by atoms with van der Waals surface area (Å²) in [5.74, 6) is 0.205. The number of ether oxygens (including phenoxy) is 1. The summed E-state index contributed by atoms with van der Waals surface area (Å²) in [6.07, 6.45) is 1.16. The van der Waals surface area contributed by atoms with E-state index in [2.05, 4.69) is 9.97 Å². The van der Waals surface area contributed by atoms with Crippen LogP contribution in [0.5, 0.6) is 0 Å². The van der Waals surface area contributed by atoms with Crippen LogP contribution >= 0.6 is 0 Å². The number of amides is 1. The highest BCUT2D eigenvalue weighted by Crippen LogP contribution is 2.28. The minimum Gasteiger partial charge on any atom is -0.371 e. The molecule has 0 radical (unpaired) electrons. The first-order chi connectivity index (χ1) is 13.9. The average Bonchev–Trinajstić information content (AvgIpc) is 2.91. The highest BCUT2D eigenvalue weighted by Gasteiger charge is 2.34. The zero-order chi connectivity index (χ0) is 20.7. The van der Waals surface area contributed by atoms with Gasteiger partial charge in [-0.25, -0.2) is 28.5 Å². The molecule has 29 heavy (non-hydrogen) atoms. The highest BCUT2D eigenvalue weighted by molar-refractivity contribution is 5.88. The van der Waals surface area contributed by atoms with Gasteiger partial charge in [0.25, 0.3) is 0 Å². The molecule has 152 valence electrons. The molecule has 4 rings (SSSR count). The number of carbonyl (C=O) groups is 1. The quantitative estimate of drug-likeness (QED) is 0.673. The standard InChI is InChI=1S/C20H22FN5O3/c1-4-29-12(2)17-22-9-16-18(23-17)24(3)19(27)26(16)20(28)25-10-14(11-25)13-6-5-7-15(21)8-13/h5-9,12,14H,4,10-11H2,1-3H3. The number of rotatable bonds is 4. The molecule has 1 unspecified atom stereocenters. The van der Waals surface area contributed by atoms with Crippen molar-refractivity contribution in [2.45, 2.75) is 25.9 Å². The fraction of sp³-hybridized carbons (Fsp3) is 0.400. The normalized spacial score (nSPS) is 15.5. The fourth-order valence-electron chi connectivity index (χ4n) is 3.58. The maximum atomic E-state index is 13.4. The lowest BCUT2D eigenvalue weighted by molar-refractivity contribution is 0.0703. The largest absolute Gasteiger partial charge is 0.371 e. The number of hydrogen-bond acceptors (Lipinski definition) is 5. The Hall–Kier alpha value is -3.07. The Labute approximate surface area is 166 Å². The van der Waals surface area contributed by atoms with Crippen LogP contribution < -0.4 is 5.69 Å². The molecule has 0 spiro atoms. The second kappa shape index (κ2) is 7.40. The number of nitrogens with zero attached hydrogens (tertiary/aromatic N) is 5. The molecule has 0 saturated carbocycles. The number of fused-ring (bicyclic) bond motifs is 1. The third-order valence-electron chi connectivity index (χ3n) is 5.25. The molecule has 1 aromatic carbocycles. The third kappa shape index (κ3) is 3.31. The van der Waals surface area contributed by atoms with Gasteiger partial charge in [0.1, 0.15) is 17.4 Å². The zero-order valence-corrected chi connectivity index (χ0v) is 16.5. The second-order valence-corrected chi connectivity index (χ2v) is 7.15. The van der Waals surface area contributed by atoms with Gasteiger partial charge in [-0.2, -0.15) is 0 Å². The predicted molar refractivity (Wildman–Crippen MR) is 104 cm³/mol. The number of hydrogen-bond donors (Lipinski definition) is 0. The van der Waals surface area contributed by atoms with E-state index in [0.717, 1.165) is 10.1 Å². The number of imidazole rings is 1. The van der Waals surface area contributed by atoms with Gasteiger partial charge in [0, 0.05) is 32.7 Å². The first-order valence-electron chi connectivity index (χ1n) is 9.51. The molecule has 0 aliphatic carbocycles. The van der Waals surface area contributed by atoms with Crippen molar-refractivity contribution < 1.29 is 13.9 Å². The molecule has 3 heterocycles. The van der Waals surface area contributed by atoms with Crippen LogP contribution in [-0.2, 0) is 11.8 Å². The van der Waals surface area contributed by atoms with Crippen molar-refractivity contribution >= 4 is 17.2 Å². The summed E-state index contributed by atoms with van der Waals surface area (Å²) in [6.45, 7) is 5.07. The van der Waals surface area contributed by atoms with Crippen molar-refractivity contribution in [3.8, 4) is 0 Å². The van der Waals surface area contributed by atoms with Gasteiger partial charge < -0.3 is 9.64 Å². The van der Waals surface area contributed by atoms with Crippen LogP contribution in [0.25, 0.3) is 11.2 Å². The molecular weight excluding hydrogens is 377 g/mol. The maximum Gasteiger partial charge on any atom is 0.338 e. The van der Waals surface area contributed by atoms with Crippen LogP contribution in [0.4, 0.5) is 9.18 Å². The van der Waals surface area contributed by atoms with Gasteiger partial charge in [0.15, 0.2) is 11.5 Å². The van der Waals surface area contributed by atoms with E-state index in [1.807, 2.05) is 19.9 Å². The van der Waals surface area contributed by atoms with E-state index < -0.39 is 11.7 Å². The molecule has 9 heteroatoms. The van der Waals surface area contributed by atoms with Gasteiger partial charge in [-0.15, -0.1) is 0 Å². The highest BCUT2D eigenvalue weighted by atomic mass is 19.1. The lowest BCUT2D eigenvalue weighted by atomic mass is 9.92. The Morgan fingerprint density at radius 2 is 2.14 bits per heavy atom. The second-order valence-electron chi connectivity index (χ2n) is 7.15. The van der Waals surface area contributed by atoms with Crippen molar-refractivity contribution in [1.82, 2.24) is 24.0 Å². The van der Waals surface area contributed by atoms with Gasteiger partial charge >= 0.3 is 11.7 Å². The number of carbonyl (C=O) groups excluding carboxylic acids is 1. The van der Waals surface area contributed by atoms with E-state index >= 15 is 0 Å². The minimum absolute atomic E-state index is 0.0511. The van der Waals surface area contributed by atoms with Crippen molar-refractivity contribution in [3.05, 3.63) is 58.2 Å². The number of benzene rings is 1. The van der Waals surface area contributed by atoms with E-state index in [0.29, 0.717) is 36.7 Å². The topological polar surface area (TPSA) is 82.2 Å². The van der Waals surface area contributed by atoms with Crippen molar-refractivity contribution in [2.75, 3.05) is 19.7 Å². The van der Waals surface area contributed by atoms with Gasteiger partial charge in [-0.05, 0) is 31.5 Å². The summed E-state index contributed by atoms with van der Waals surface area (Å²) in [4.78, 5) is 35.9. The van der Waals surface area contributed by atoms with Crippen LogP contribution in [0.15, 0.2) is 35.3 Å². The number of aromatic nitrogens is 4. The number of likely N-dealkylation sites (tertiary alicyclic amines) is 1. The molecule has 1 amide bonds. The molecule has 3 aromatic rings. The molecule has 1 aliphatic rings. The summed E-state index contributed by atoms with van der Waals surface area (Å²) in [5, 5.41) is 0. The van der Waals surface area contributed by atoms with Crippen LogP contribution in [0.1, 0.15) is 37.3 Å². The summed E-state index contributed by atoms with van der Waals surface area (Å²) < 4.78 is 21.4. The van der Waals surface area contributed by atoms with Crippen LogP contribution in [0, 0.1) is 5.82 Å². The lowest BCUT2D eigenvalue weighted by Crippen LogP contribution is -2.52. The van der Waals surface area contributed by atoms with Crippen molar-refractivity contribution in [2.24, 2.45) is 7.05 Å². The molecule has 0 N–H and O–H groups in total. The van der Waals surface area contributed by atoms with Gasteiger partial charge in [0.2, 0.25) is 0 Å². The summed E-state index contributed by atoms with van der Waals surface area (Å²) in [7, 11) is 1.57. The van der Waals surface area contributed by atoms with Crippen LogP contribution in [0.3, 0.4) is 0 Å². The summed E-state index contributed by atoms with van der Waals surface area (Å²) >= 11 is 0. The van der Waals surface area contributed by atoms with E-state index in [1.165, 1.54) is 22.9 Å². The zero-order valence-electron chi connectivity index (χ0n) is 16.5. The minimum atomic E-state index is -0.477. The van der Waals surface area contributed by atoms with E-state index in [9.17, 15) is 14.0 Å². The van der Waals surface area contributed by atoms with E-state index in [1.54, 1.807) is 18.0 Å². The monoisotopic (exact) mass is 399 g/mol. The maximum absolute atomic E-state index is 13.4.